The summed E-state index contributed by atoms with van der Waals surface area (Å²) in [5.74, 6) is 1.57. The minimum absolute atomic E-state index is 0.0787. The quantitative estimate of drug-likeness (QED) is 0.371. The highest BCUT2D eigenvalue weighted by atomic mass is 35.5. The Kier molecular flexibility index (Phi) is 6.35. The number of hydrogen-bond acceptors (Lipinski definition) is 4. The fraction of sp³-hybridized carbons (Fsp3) is 0.217. The zero-order chi connectivity index (χ0) is 20.9. The van der Waals surface area contributed by atoms with Gasteiger partial charge in [-0.2, -0.15) is 0 Å². The lowest BCUT2D eigenvalue weighted by Crippen LogP contribution is -2.24. The van der Waals surface area contributed by atoms with E-state index in [-0.39, 0.29) is 5.91 Å². The average Bonchev–Trinajstić information content (AvgIpc) is 3.40. The number of fused-ring (bicyclic) bond motifs is 1. The number of thiophene rings is 1. The molecule has 0 aliphatic carbocycles. The maximum absolute atomic E-state index is 12.3. The van der Waals surface area contributed by atoms with E-state index in [0.29, 0.717) is 18.0 Å². The van der Waals surface area contributed by atoms with Gasteiger partial charge in [0.05, 0.1) is 29.1 Å². The molecular weight excluding hydrogens is 418 g/mol. The van der Waals surface area contributed by atoms with E-state index in [1.807, 2.05) is 60.8 Å². The SMILES string of the molecule is Cc1cc(OCCCn2c(CNC(=O)c3cccs3)nc3ccccc32)ccc1Cl. The summed E-state index contributed by atoms with van der Waals surface area (Å²) >= 11 is 7.50. The summed E-state index contributed by atoms with van der Waals surface area (Å²) in [6, 6.07) is 17.4. The Hall–Kier alpha value is -2.83. The van der Waals surface area contributed by atoms with Crippen molar-refractivity contribution in [3.8, 4) is 5.75 Å². The van der Waals surface area contributed by atoms with Crippen LogP contribution in [0.3, 0.4) is 0 Å². The molecule has 5 nitrogen and oxygen atoms in total. The van der Waals surface area contributed by atoms with Crippen molar-refractivity contribution < 1.29 is 9.53 Å². The molecule has 0 spiro atoms. The molecule has 2 aromatic heterocycles. The Morgan fingerprint density at radius 1 is 1.20 bits per heavy atom. The minimum atomic E-state index is -0.0787. The summed E-state index contributed by atoms with van der Waals surface area (Å²) in [5.41, 5.74) is 2.98. The number of imidazole rings is 1. The zero-order valence-corrected chi connectivity index (χ0v) is 18.2. The average molecular weight is 440 g/mol. The van der Waals surface area contributed by atoms with Crippen LogP contribution in [-0.4, -0.2) is 22.1 Å². The number of hydrogen-bond donors (Lipinski definition) is 1. The maximum atomic E-state index is 12.3. The molecule has 4 aromatic rings. The Labute approximate surface area is 184 Å². The fourth-order valence-corrected chi connectivity index (χ4v) is 4.04. The van der Waals surface area contributed by atoms with Gasteiger partial charge in [0.2, 0.25) is 0 Å². The van der Waals surface area contributed by atoms with Gasteiger partial charge in [-0.25, -0.2) is 4.98 Å². The van der Waals surface area contributed by atoms with Crippen molar-refractivity contribution in [3.63, 3.8) is 0 Å². The van der Waals surface area contributed by atoms with E-state index < -0.39 is 0 Å². The molecule has 2 aromatic carbocycles. The van der Waals surface area contributed by atoms with Gasteiger partial charge in [0.1, 0.15) is 11.6 Å². The van der Waals surface area contributed by atoms with Crippen LogP contribution in [0.25, 0.3) is 11.0 Å². The number of carbonyl (C=O) groups is 1. The second kappa shape index (κ2) is 9.32. The molecule has 1 amide bonds. The van der Waals surface area contributed by atoms with Crippen LogP contribution in [-0.2, 0) is 13.1 Å². The molecule has 0 aliphatic heterocycles. The number of halogens is 1. The molecule has 0 bridgehead atoms. The van der Waals surface area contributed by atoms with E-state index in [4.69, 9.17) is 21.3 Å². The second-order valence-corrected chi connectivity index (χ2v) is 8.30. The molecule has 0 saturated carbocycles. The number of nitrogens with zero attached hydrogens (tertiary/aromatic N) is 2. The van der Waals surface area contributed by atoms with Crippen molar-refractivity contribution in [2.24, 2.45) is 0 Å². The monoisotopic (exact) mass is 439 g/mol. The van der Waals surface area contributed by atoms with Gasteiger partial charge >= 0.3 is 0 Å². The fourth-order valence-electron chi connectivity index (χ4n) is 3.28. The van der Waals surface area contributed by atoms with E-state index in [2.05, 4.69) is 16.0 Å². The number of ether oxygens (including phenoxy) is 1. The molecule has 0 fully saturated rings. The Balaban J connectivity index is 1.42. The smallest absolute Gasteiger partial charge is 0.261 e. The molecule has 154 valence electrons. The Morgan fingerprint density at radius 2 is 2.07 bits per heavy atom. The summed E-state index contributed by atoms with van der Waals surface area (Å²) in [5, 5.41) is 5.61. The summed E-state index contributed by atoms with van der Waals surface area (Å²) in [7, 11) is 0. The molecule has 2 heterocycles. The van der Waals surface area contributed by atoms with Gasteiger partial charge in [0, 0.05) is 11.6 Å². The van der Waals surface area contributed by atoms with Crippen molar-refractivity contribution >= 4 is 39.9 Å². The Morgan fingerprint density at radius 3 is 2.87 bits per heavy atom. The summed E-state index contributed by atoms with van der Waals surface area (Å²) in [6.45, 7) is 3.66. The number of aryl methyl sites for hydroxylation is 2. The number of amides is 1. The van der Waals surface area contributed by atoms with Crippen LogP contribution in [0.2, 0.25) is 5.02 Å². The van der Waals surface area contributed by atoms with Crippen molar-refractivity contribution in [1.29, 1.82) is 0 Å². The van der Waals surface area contributed by atoms with Crippen molar-refractivity contribution in [2.45, 2.75) is 26.4 Å². The number of carbonyl (C=O) groups excluding carboxylic acids is 1. The number of benzene rings is 2. The molecule has 0 unspecified atom stereocenters. The third-order valence-corrected chi connectivity index (χ3v) is 6.10. The van der Waals surface area contributed by atoms with Crippen LogP contribution in [0.15, 0.2) is 60.0 Å². The first-order valence-electron chi connectivity index (χ1n) is 9.76. The van der Waals surface area contributed by atoms with Gasteiger partial charge in [0.15, 0.2) is 0 Å². The van der Waals surface area contributed by atoms with Crippen LogP contribution < -0.4 is 10.1 Å². The number of aromatic nitrogens is 2. The second-order valence-electron chi connectivity index (χ2n) is 6.94. The molecule has 0 radical (unpaired) electrons. The molecule has 1 N–H and O–H groups in total. The molecule has 30 heavy (non-hydrogen) atoms. The zero-order valence-electron chi connectivity index (χ0n) is 16.6. The molecule has 7 heteroatoms. The van der Waals surface area contributed by atoms with Crippen LogP contribution in [0.5, 0.6) is 5.75 Å². The van der Waals surface area contributed by atoms with Gasteiger partial charge in [-0.15, -0.1) is 11.3 Å². The van der Waals surface area contributed by atoms with Crippen LogP contribution in [0.4, 0.5) is 0 Å². The highest BCUT2D eigenvalue weighted by molar-refractivity contribution is 7.12. The number of para-hydroxylation sites is 2. The molecule has 0 saturated heterocycles. The summed E-state index contributed by atoms with van der Waals surface area (Å²) in [6.07, 6.45) is 0.813. The van der Waals surface area contributed by atoms with Crippen molar-refractivity contribution in [1.82, 2.24) is 14.9 Å². The van der Waals surface area contributed by atoms with Gasteiger partial charge < -0.3 is 14.6 Å². The normalized spacial score (nSPS) is 11.0. The lowest BCUT2D eigenvalue weighted by molar-refractivity contribution is 0.0953. The first-order chi connectivity index (χ1) is 14.6. The molecule has 4 rings (SSSR count). The van der Waals surface area contributed by atoms with E-state index >= 15 is 0 Å². The van der Waals surface area contributed by atoms with Crippen LogP contribution in [0, 0.1) is 6.92 Å². The topological polar surface area (TPSA) is 56.1 Å². The highest BCUT2D eigenvalue weighted by Gasteiger charge is 2.13. The number of nitrogens with one attached hydrogen (secondary N) is 1. The van der Waals surface area contributed by atoms with Gasteiger partial charge in [-0.3, -0.25) is 4.79 Å². The lowest BCUT2D eigenvalue weighted by Gasteiger charge is -2.11. The molecular formula is C23H22ClN3O2S. The van der Waals surface area contributed by atoms with E-state index in [1.165, 1.54) is 11.3 Å². The third-order valence-electron chi connectivity index (χ3n) is 4.81. The first kappa shape index (κ1) is 20.4. The van der Waals surface area contributed by atoms with Crippen LogP contribution in [0.1, 0.15) is 27.5 Å². The van der Waals surface area contributed by atoms with Crippen LogP contribution >= 0.6 is 22.9 Å². The minimum Gasteiger partial charge on any atom is -0.494 e. The van der Waals surface area contributed by atoms with Crippen molar-refractivity contribution in [3.05, 3.63) is 81.3 Å². The summed E-state index contributed by atoms with van der Waals surface area (Å²) in [4.78, 5) is 17.7. The molecule has 0 atom stereocenters. The Bertz CT molecular complexity index is 1150. The number of rotatable bonds is 8. The first-order valence-corrected chi connectivity index (χ1v) is 11.0. The van der Waals surface area contributed by atoms with Gasteiger partial charge in [0.25, 0.3) is 5.91 Å². The summed E-state index contributed by atoms with van der Waals surface area (Å²) < 4.78 is 8.03. The van der Waals surface area contributed by atoms with Gasteiger partial charge in [-0.05, 0) is 60.7 Å². The predicted octanol–water partition coefficient (Wildman–Crippen LogP) is 5.46. The largest absolute Gasteiger partial charge is 0.494 e. The molecule has 0 aliphatic rings. The van der Waals surface area contributed by atoms with Gasteiger partial charge in [-0.1, -0.05) is 29.8 Å². The van der Waals surface area contributed by atoms with Crippen molar-refractivity contribution in [2.75, 3.05) is 6.61 Å². The highest BCUT2D eigenvalue weighted by Crippen LogP contribution is 2.21. The predicted molar refractivity (Wildman–Crippen MR) is 122 cm³/mol. The van der Waals surface area contributed by atoms with E-state index in [9.17, 15) is 4.79 Å². The van der Waals surface area contributed by atoms with E-state index in [0.717, 1.165) is 46.2 Å². The lowest BCUT2D eigenvalue weighted by atomic mass is 10.2. The third kappa shape index (κ3) is 4.66. The standard InChI is InChI=1S/C23H22ClN3O2S/c1-16-14-17(9-10-18(16)24)29-12-5-11-27-20-7-3-2-6-19(20)26-22(27)15-25-23(28)21-8-4-13-30-21/h2-4,6-10,13-14H,5,11-12,15H2,1H3,(H,25,28). The van der Waals surface area contributed by atoms with E-state index in [1.54, 1.807) is 0 Å². The maximum Gasteiger partial charge on any atom is 0.261 e.